The number of aryl methyl sites for hydroxylation is 1. The molecule has 5 aromatic rings. The summed E-state index contributed by atoms with van der Waals surface area (Å²) >= 11 is 1.37. The summed E-state index contributed by atoms with van der Waals surface area (Å²) in [4.78, 5) is 28.4. The number of nitrogen functional groups attached to an aromatic ring is 1. The molecule has 2 aromatic carbocycles. The second kappa shape index (κ2) is 9.40. The molecule has 0 bridgehead atoms. The van der Waals surface area contributed by atoms with Crippen molar-refractivity contribution in [2.24, 2.45) is 0 Å². The van der Waals surface area contributed by atoms with Crippen molar-refractivity contribution < 1.29 is 4.79 Å². The molecule has 176 valence electrons. The minimum absolute atomic E-state index is 0.223. The summed E-state index contributed by atoms with van der Waals surface area (Å²) in [6, 6.07) is 14.7. The molecule has 0 fully saturated rings. The Kier molecular flexibility index (Phi) is 6.15. The van der Waals surface area contributed by atoms with E-state index in [0.29, 0.717) is 23.3 Å². The molecule has 0 unspecified atom stereocenters. The predicted octanol–water partition coefficient (Wildman–Crippen LogP) is 5.03. The number of nitrogens with zero attached hydrogens (tertiary/aromatic N) is 4. The van der Waals surface area contributed by atoms with Crippen molar-refractivity contribution in [1.29, 1.82) is 0 Å². The molecule has 3 heterocycles. The average molecular weight is 483 g/mol. The van der Waals surface area contributed by atoms with Crippen LogP contribution in [0, 0.1) is 6.92 Å². The van der Waals surface area contributed by atoms with Crippen molar-refractivity contribution in [3.63, 3.8) is 0 Å². The number of aromatic nitrogens is 3. The number of hydrogen-bond acceptors (Lipinski definition) is 7. The molecule has 5 rings (SSSR count). The molecule has 3 N–H and O–H groups in total. The molecule has 8 heteroatoms. The van der Waals surface area contributed by atoms with Gasteiger partial charge in [0, 0.05) is 35.3 Å². The summed E-state index contributed by atoms with van der Waals surface area (Å²) in [6.45, 7) is 2.88. The Hall–Kier alpha value is -3.88. The fourth-order valence-electron chi connectivity index (χ4n) is 4.34. The molecule has 0 spiro atoms. The predicted molar refractivity (Wildman–Crippen MR) is 143 cm³/mol. The van der Waals surface area contributed by atoms with Gasteiger partial charge in [0.2, 0.25) is 0 Å². The number of thiophene rings is 1. The van der Waals surface area contributed by atoms with Crippen LogP contribution in [0.4, 0.5) is 11.5 Å². The summed E-state index contributed by atoms with van der Waals surface area (Å²) < 4.78 is 0.718. The number of nitrogens with one attached hydrogen (secondary N) is 1. The Labute approximate surface area is 207 Å². The van der Waals surface area contributed by atoms with Gasteiger partial charge < -0.3 is 16.0 Å². The molecular weight excluding hydrogens is 456 g/mol. The molecule has 0 saturated heterocycles. The first-order valence-electron chi connectivity index (χ1n) is 11.3. The quantitative estimate of drug-likeness (QED) is 0.352. The molecule has 3 aromatic heterocycles. The topological polar surface area (TPSA) is 97.0 Å². The fraction of sp³-hybridized carbons (Fsp3) is 0.185. The minimum Gasteiger partial charge on any atom is -0.382 e. The highest BCUT2D eigenvalue weighted by molar-refractivity contribution is 7.18. The van der Waals surface area contributed by atoms with Crippen molar-refractivity contribution in [3.05, 3.63) is 88.3 Å². The normalized spacial score (nSPS) is 11.4. The zero-order valence-electron chi connectivity index (χ0n) is 19.9. The third kappa shape index (κ3) is 4.58. The van der Waals surface area contributed by atoms with E-state index < -0.39 is 0 Å². The number of rotatable bonds is 6. The number of pyridine rings is 1. The van der Waals surface area contributed by atoms with E-state index in [2.05, 4.69) is 64.6 Å². The molecule has 0 aliphatic heterocycles. The molecule has 0 aliphatic carbocycles. The number of hydrogen-bond donors (Lipinski definition) is 2. The van der Waals surface area contributed by atoms with Gasteiger partial charge in [0.05, 0.1) is 27.2 Å². The van der Waals surface area contributed by atoms with Crippen molar-refractivity contribution in [2.75, 3.05) is 25.1 Å². The number of carbonyl (C=O) groups is 1. The van der Waals surface area contributed by atoms with E-state index in [1.54, 1.807) is 5.38 Å². The standard InChI is InChI=1S/C27H26N6OS/c1-16-7-8-19-20(9-10-29-22(19)12-17-5-4-6-18(11-17)13-33(2)3)23(16)32-27(34)21-14-35-25-24(21)30-15-31-26(25)28/h4-11,14-15H,12-13H2,1-3H3,(H,32,34)(H2,28,30,31). The van der Waals surface area contributed by atoms with Crippen LogP contribution in [-0.4, -0.2) is 39.9 Å². The van der Waals surface area contributed by atoms with Crippen LogP contribution in [0.1, 0.15) is 32.7 Å². The summed E-state index contributed by atoms with van der Waals surface area (Å²) in [5.41, 5.74) is 12.2. The van der Waals surface area contributed by atoms with Gasteiger partial charge in [-0.2, -0.15) is 0 Å². The van der Waals surface area contributed by atoms with Gasteiger partial charge in [-0.05, 0) is 43.8 Å². The van der Waals surface area contributed by atoms with Gasteiger partial charge in [-0.1, -0.05) is 36.4 Å². The zero-order valence-corrected chi connectivity index (χ0v) is 20.7. The maximum atomic E-state index is 13.3. The smallest absolute Gasteiger partial charge is 0.258 e. The number of carbonyl (C=O) groups excluding carboxylic acids is 1. The maximum Gasteiger partial charge on any atom is 0.258 e. The average Bonchev–Trinajstić information content (AvgIpc) is 3.26. The monoisotopic (exact) mass is 482 g/mol. The Morgan fingerprint density at radius 2 is 1.89 bits per heavy atom. The van der Waals surface area contributed by atoms with E-state index in [9.17, 15) is 4.79 Å². The Balaban J connectivity index is 1.49. The van der Waals surface area contributed by atoms with E-state index in [0.717, 1.165) is 39.0 Å². The number of benzene rings is 2. The minimum atomic E-state index is -0.223. The van der Waals surface area contributed by atoms with Crippen molar-refractivity contribution in [3.8, 4) is 0 Å². The number of amides is 1. The number of anilines is 2. The Morgan fingerprint density at radius 3 is 2.71 bits per heavy atom. The molecular formula is C27H26N6OS. The van der Waals surface area contributed by atoms with Crippen LogP contribution < -0.4 is 11.1 Å². The van der Waals surface area contributed by atoms with Crippen LogP contribution >= 0.6 is 11.3 Å². The highest BCUT2D eigenvalue weighted by atomic mass is 32.1. The molecule has 0 saturated carbocycles. The van der Waals surface area contributed by atoms with Crippen LogP contribution in [-0.2, 0) is 13.0 Å². The van der Waals surface area contributed by atoms with Gasteiger partial charge in [-0.25, -0.2) is 9.97 Å². The SMILES string of the molecule is Cc1ccc2c(Cc3cccc(CN(C)C)c3)nccc2c1NC(=O)c1csc2c(N)ncnc12. The zero-order chi connectivity index (χ0) is 24.5. The Bertz CT molecular complexity index is 1560. The maximum absolute atomic E-state index is 13.3. The first-order chi connectivity index (χ1) is 16.9. The number of nitrogens with two attached hydrogens (primary N) is 1. The van der Waals surface area contributed by atoms with Gasteiger partial charge in [-0.3, -0.25) is 9.78 Å². The third-order valence-electron chi connectivity index (χ3n) is 5.96. The highest BCUT2D eigenvalue weighted by Crippen LogP contribution is 2.32. The lowest BCUT2D eigenvalue weighted by molar-refractivity contribution is 0.102. The second-order valence-electron chi connectivity index (χ2n) is 8.88. The lowest BCUT2D eigenvalue weighted by Crippen LogP contribution is -2.13. The molecule has 0 aliphatic rings. The summed E-state index contributed by atoms with van der Waals surface area (Å²) in [7, 11) is 4.13. The molecule has 1 amide bonds. The third-order valence-corrected chi connectivity index (χ3v) is 6.95. The van der Waals surface area contributed by atoms with Crippen LogP contribution in [0.15, 0.2) is 60.4 Å². The molecule has 7 nitrogen and oxygen atoms in total. The Morgan fingerprint density at radius 1 is 1.06 bits per heavy atom. The summed E-state index contributed by atoms with van der Waals surface area (Å²) in [6.07, 6.45) is 3.90. The lowest BCUT2D eigenvalue weighted by Gasteiger charge is -2.14. The van der Waals surface area contributed by atoms with Crippen molar-refractivity contribution >= 4 is 49.7 Å². The van der Waals surface area contributed by atoms with Gasteiger partial charge in [0.1, 0.15) is 12.1 Å². The van der Waals surface area contributed by atoms with Gasteiger partial charge in [0.25, 0.3) is 5.91 Å². The first-order valence-corrected chi connectivity index (χ1v) is 12.2. The van der Waals surface area contributed by atoms with Gasteiger partial charge >= 0.3 is 0 Å². The molecule has 0 atom stereocenters. The van der Waals surface area contributed by atoms with E-state index in [4.69, 9.17) is 10.7 Å². The molecule has 0 radical (unpaired) electrons. The van der Waals surface area contributed by atoms with Crippen LogP contribution in [0.3, 0.4) is 0 Å². The summed E-state index contributed by atoms with van der Waals surface area (Å²) in [5.74, 6) is 0.158. The van der Waals surface area contributed by atoms with Gasteiger partial charge in [0.15, 0.2) is 0 Å². The van der Waals surface area contributed by atoms with Crippen LogP contribution in [0.2, 0.25) is 0 Å². The van der Waals surface area contributed by atoms with E-state index in [-0.39, 0.29) is 5.91 Å². The molecule has 35 heavy (non-hydrogen) atoms. The second-order valence-corrected chi connectivity index (χ2v) is 9.76. The fourth-order valence-corrected chi connectivity index (χ4v) is 5.24. The summed E-state index contributed by atoms with van der Waals surface area (Å²) in [5, 5.41) is 6.88. The van der Waals surface area contributed by atoms with E-state index >= 15 is 0 Å². The van der Waals surface area contributed by atoms with E-state index in [1.165, 1.54) is 28.8 Å². The van der Waals surface area contributed by atoms with Crippen LogP contribution in [0.5, 0.6) is 0 Å². The largest absolute Gasteiger partial charge is 0.382 e. The van der Waals surface area contributed by atoms with E-state index in [1.807, 2.05) is 25.3 Å². The van der Waals surface area contributed by atoms with Gasteiger partial charge in [-0.15, -0.1) is 11.3 Å². The van der Waals surface area contributed by atoms with Crippen LogP contribution in [0.25, 0.3) is 21.0 Å². The highest BCUT2D eigenvalue weighted by Gasteiger charge is 2.18. The first kappa shape index (κ1) is 22.9. The van der Waals surface area contributed by atoms with Crippen molar-refractivity contribution in [2.45, 2.75) is 19.9 Å². The number of fused-ring (bicyclic) bond motifs is 2. The van der Waals surface area contributed by atoms with Crippen molar-refractivity contribution in [1.82, 2.24) is 19.9 Å². The lowest BCUT2D eigenvalue weighted by atomic mass is 9.99.